The fraction of sp³-hybridized carbons (Fsp3) is 0.227. The van der Waals surface area contributed by atoms with E-state index in [-0.39, 0.29) is 17.0 Å². The molecule has 8 nitrogen and oxygen atoms in total. The first-order chi connectivity index (χ1) is 15.4. The van der Waals surface area contributed by atoms with Crippen molar-refractivity contribution in [3.8, 4) is 17.2 Å². The largest absolute Gasteiger partial charge is 0.309 e. The van der Waals surface area contributed by atoms with Crippen molar-refractivity contribution in [2.45, 2.75) is 30.7 Å². The molecule has 0 aliphatic carbocycles. The minimum absolute atomic E-state index is 0.233. The van der Waals surface area contributed by atoms with Crippen molar-refractivity contribution in [2.75, 3.05) is 5.32 Å². The summed E-state index contributed by atoms with van der Waals surface area (Å²) in [5, 5.41) is 18.3. The Morgan fingerprint density at radius 1 is 1.38 bits per heavy atom. The van der Waals surface area contributed by atoms with E-state index in [1.807, 2.05) is 49.6 Å². The molecule has 1 aromatic carbocycles. The third-order valence-corrected chi connectivity index (χ3v) is 7.12. The van der Waals surface area contributed by atoms with Crippen LogP contribution in [-0.4, -0.2) is 30.9 Å². The zero-order valence-electron chi connectivity index (χ0n) is 17.7. The van der Waals surface area contributed by atoms with Gasteiger partial charge in [-0.15, -0.1) is 11.3 Å². The second-order valence-electron chi connectivity index (χ2n) is 7.21. The van der Waals surface area contributed by atoms with Gasteiger partial charge in [0.25, 0.3) is 5.56 Å². The molecule has 4 rings (SSSR count). The lowest BCUT2D eigenvalue weighted by Gasteiger charge is -2.14. The summed E-state index contributed by atoms with van der Waals surface area (Å²) < 4.78 is 1.44. The summed E-state index contributed by atoms with van der Waals surface area (Å²) in [5.74, 6) is 0.0568. The Hall–Kier alpha value is -3.42. The maximum atomic E-state index is 12.9. The van der Waals surface area contributed by atoms with Gasteiger partial charge in [0.15, 0.2) is 5.16 Å². The molecule has 1 amide bonds. The molecule has 0 spiro atoms. The maximum Gasteiger partial charge on any atom is 0.260 e. The number of hydrogen-bond acceptors (Lipinski definition) is 7. The van der Waals surface area contributed by atoms with Crippen molar-refractivity contribution in [3.63, 3.8) is 0 Å². The summed E-state index contributed by atoms with van der Waals surface area (Å²) >= 11 is 2.59. The van der Waals surface area contributed by atoms with Gasteiger partial charge in [0.1, 0.15) is 22.3 Å². The molecule has 2 N–H and O–H groups in total. The van der Waals surface area contributed by atoms with Crippen LogP contribution in [0, 0.1) is 18.3 Å². The van der Waals surface area contributed by atoms with Gasteiger partial charge in [0, 0.05) is 18.0 Å². The highest BCUT2D eigenvalue weighted by molar-refractivity contribution is 8.00. The number of aromatic amines is 1. The lowest BCUT2D eigenvalue weighted by atomic mass is 10.1. The Balaban J connectivity index is 1.60. The predicted molar refractivity (Wildman–Crippen MR) is 127 cm³/mol. The monoisotopic (exact) mass is 464 g/mol. The number of thioether (sulfide) groups is 1. The van der Waals surface area contributed by atoms with E-state index in [0.717, 1.165) is 16.7 Å². The first kappa shape index (κ1) is 21.8. The molecule has 0 aliphatic rings. The van der Waals surface area contributed by atoms with Gasteiger partial charge < -0.3 is 10.3 Å². The van der Waals surface area contributed by atoms with Crippen LogP contribution in [-0.2, 0) is 11.8 Å². The Kier molecular flexibility index (Phi) is 6.12. The fourth-order valence-corrected chi connectivity index (χ4v) is 5.16. The van der Waals surface area contributed by atoms with Gasteiger partial charge >= 0.3 is 0 Å². The van der Waals surface area contributed by atoms with E-state index >= 15 is 0 Å². The van der Waals surface area contributed by atoms with Gasteiger partial charge in [-0.3, -0.25) is 14.3 Å². The molecule has 4 aromatic rings. The molecular formula is C22H20N6O2S2. The normalized spacial score (nSPS) is 11.9. The molecule has 3 aromatic heterocycles. The minimum atomic E-state index is -0.506. The van der Waals surface area contributed by atoms with Crippen LogP contribution in [0.4, 0.5) is 5.82 Å². The zero-order valence-corrected chi connectivity index (χ0v) is 19.3. The lowest BCUT2D eigenvalue weighted by Crippen LogP contribution is -2.26. The number of H-pyrrole nitrogens is 1. The third kappa shape index (κ3) is 4.17. The fourth-order valence-electron chi connectivity index (χ4n) is 3.25. The van der Waals surface area contributed by atoms with Gasteiger partial charge in [-0.25, -0.2) is 4.98 Å². The molecule has 1 unspecified atom stereocenters. The van der Waals surface area contributed by atoms with Crippen LogP contribution in [0.25, 0.3) is 21.3 Å². The molecule has 0 fully saturated rings. The number of thiophene rings is 1. The minimum Gasteiger partial charge on any atom is -0.309 e. The molecule has 1 atom stereocenters. The highest BCUT2D eigenvalue weighted by Crippen LogP contribution is 2.32. The van der Waals surface area contributed by atoms with Crippen molar-refractivity contribution in [2.24, 2.45) is 7.05 Å². The Morgan fingerprint density at radius 3 is 2.81 bits per heavy atom. The number of aromatic nitrogens is 4. The van der Waals surface area contributed by atoms with Gasteiger partial charge in [0.2, 0.25) is 5.91 Å². The lowest BCUT2D eigenvalue weighted by molar-refractivity contribution is -0.115. The quantitative estimate of drug-likeness (QED) is 0.328. The second kappa shape index (κ2) is 8.98. The number of aryl methyl sites for hydroxylation is 2. The van der Waals surface area contributed by atoms with Crippen molar-refractivity contribution >= 4 is 45.0 Å². The van der Waals surface area contributed by atoms with Crippen LogP contribution in [0.5, 0.6) is 0 Å². The third-order valence-electron chi connectivity index (χ3n) is 5.00. The number of nitrogens with zero attached hydrogens (tertiary/aromatic N) is 4. The first-order valence-electron chi connectivity index (χ1n) is 9.89. The number of rotatable bonds is 6. The van der Waals surface area contributed by atoms with Gasteiger partial charge in [-0.1, -0.05) is 48.5 Å². The number of anilines is 1. The van der Waals surface area contributed by atoms with Crippen LogP contribution in [0.15, 0.2) is 45.8 Å². The van der Waals surface area contributed by atoms with Gasteiger partial charge in [0.05, 0.1) is 16.8 Å². The molecular weight excluding hydrogens is 444 g/mol. The number of hydrogen-bond donors (Lipinski definition) is 2. The van der Waals surface area contributed by atoms with Crippen molar-refractivity contribution in [1.29, 1.82) is 5.26 Å². The standard InChI is InChI=1S/C22H20N6O2S2/c1-4-16(19(29)25-18-14(9-23)10-24-28(18)3)32-22-26-20(30)17-15(11-31-21(17)27-22)13-7-5-12(2)6-8-13/h5-8,10-11,16H,4H2,1-3H3,(H,25,29)(H,26,27,30). The Labute approximate surface area is 192 Å². The van der Waals surface area contributed by atoms with Crippen molar-refractivity contribution in [1.82, 2.24) is 19.7 Å². The molecule has 3 heterocycles. The van der Waals surface area contributed by atoms with E-state index in [1.54, 1.807) is 7.05 Å². The van der Waals surface area contributed by atoms with E-state index < -0.39 is 5.25 Å². The molecule has 32 heavy (non-hydrogen) atoms. The van der Waals surface area contributed by atoms with Crippen LogP contribution in [0.2, 0.25) is 0 Å². The van der Waals surface area contributed by atoms with Crippen LogP contribution in [0.3, 0.4) is 0 Å². The molecule has 10 heteroatoms. The summed E-state index contributed by atoms with van der Waals surface area (Å²) in [6.07, 6.45) is 1.91. The average Bonchev–Trinajstić information content (AvgIpc) is 3.36. The molecule has 162 valence electrons. The second-order valence-corrected chi connectivity index (χ2v) is 9.26. The number of fused-ring (bicyclic) bond motifs is 1. The Morgan fingerprint density at radius 2 is 2.12 bits per heavy atom. The molecule has 0 radical (unpaired) electrons. The summed E-state index contributed by atoms with van der Waals surface area (Å²) in [6.45, 7) is 3.89. The number of nitrogens with one attached hydrogen (secondary N) is 2. The number of carbonyl (C=O) groups is 1. The van der Waals surface area contributed by atoms with Gasteiger partial charge in [-0.2, -0.15) is 10.4 Å². The number of nitriles is 1. The summed E-state index contributed by atoms with van der Waals surface area (Å²) in [6, 6.07) is 10.0. The average molecular weight is 465 g/mol. The van der Waals surface area contributed by atoms with Crippen LogP contribution < -0.4 is 10.9 Å². The van der Waals surface area contributed by atoms with Crippen molar-refractivity contribution < 1.29 is 4.79 Å². The van der Waals surface area contributed by atoms with Gasteiger partial charge in [-0.05, 0) is 18.9 Å². The zero-order chi connectivity index (χ0) is 22.8. The number of carbonyl (C=O) groups excluding carboxylic acids is 1. The highest BCUT2D eigenvalue weighted by Gasteiger charge is 2.23. The molecule has 0 aliphatic heterocycles. The topological polar surface area (TPSA) is 116 Å². The SMILES string of the molecule is CCC(Sc1nc2scc(-c3ccc(C)cc3)c2c(=O)[nH]1)C(=O)Nc1c(C#N)cnn1C. The molecule has 0 saturated heterocycles. The first-order valence-corrected chi connectivity index (χ1v) is 11.6. The van der Waals surface area contributed by atoms with E-state index in [9.17, 15) is 14.9 Å². The summed E-state index contributed by atoms with van der Waals surface area (Å²) in [4.78, 5) is 33.8. The van der Waals surface area contributed by atoms with E-state index in [0.29, 0.717) is 27.6 Å². The summed E-state index contributed by atoms with van der Waals surface area (Å²) in [7, 11) is 1.65. The molecule has 0 bridgehead atoms. The predicted octanol–water partition coefficient (Wildman–Crippen LogP) is 4.07. The van der Waals surface area contributed by atoms with Crippen LogP contribution in [0.1, 0.15) is 24.5 Å². The highest BCUT2D eigenvalue weighted by atomic mass is 32.2. The van der Waals surface area contributed by atoms with Crippen molar-refractivity contribution in [3.05, 3.63) is 57.3 Å². The van der Waals surface area contributed by atoms with E-state index in [1.165, 1.54) is 34.0 Å². The summed E-state index contributed by atoms with van der Waals surface area (Å²) in [5.41, 5.74) is 3.01. The molecule has 0 saturated carbocycles. The van der Waals surface area contributed by atoms with Crippen LogP contribution >= 0.6 is 23.1 Å². The maximum absolute atomic E-state index is 12.9. The van der Waals surface area contributed by atoms with E-state index in [4.69, 9.17) is 0 Å². The van der Waals surface area contributed by atoms with E-state index in [2.05, 4.69) is 20.4 Å². The smallest absolute Gasteiger partial charge is 0.260 e. The number of amides is 1. The number of benzene rings is 1. The Bertz CT molecular complexity index is 1390.